The number of hydrogen-bond donors (Lipinski definition) is 0. The first-order valence-corrected chi connectivity index (χ1v) is 4.50. The summed E-state index contributed by atoms with van der Waals surface area (Å²) in [5.74, 6) is 1.48. The predicted molar refractivity (Wildman–Crippen MR) is 56.6 cm³/mol. The lowest BCUT2D eigenvalue weighted by atomic mass is 10.2. The van der Waals surface area contributed by atoms with Crippen molar-refractivity contribution in [2.24, 2.45) is 0 Å². The van der Waals surface area contributed by atoms with Gasteiger partial charge in [-0.1, -0.05) is 30.3 Å². The van der Waals surface area contributed by atoms with E-state index in [1.165, 1.54) is 0 Å². The molecule has 0 fully saturated rings. The third-order valence-electron chi connectivity index (χ3n) is 1.86. The van der Waals surface area contributed by atoms with Gasteiger partial charge in [-0.25, -0.2) is 4.98 Å². The van der Waals surface area contributed by atoms with Crippen molar-refractivity contribution >= 4 is 12.2 Å². The molecule has 0 bridgehead atoms. The van der Waals surface area contributed by atoms with E-state index in [1.807, 2.05) is 49.4 Å². The molecule has 0 saturated carbocycles. The number of aryl methyl sites for hydroxylation is 1. The van der Waals surface area contributed by atoms with Crippen molar-refractivity contribution in [2.45, 2.75) is 6.92 Å². The standard InChI is InChI=1S/C12H11NO/c1-10-9-13-12(14-10)8-7-11-5-3-2-4-6-11/h2-9H,1H3/b8-7+. The molecule has 14 heavy (non-hydrogen) atoms. The van der Waals surface area contributed by atoms with E-state index in [4.69, 9.17) is 4.42 Å². The first-order valence-electron chi connectivity index (χ1n) is 4.50. The largest absolute Gasteiger partial charge is 0.442 e. The fourth-order valence-corrected chi connectivity index (χ4v) is 1.18. The second-order valence-electron chi connectivity index (χ2n) is 3.05. The maximum Gasteiger partial charge on any atom is 0.218 e. The fraction of sp³-hybridized carbons (Fsp3) is 0.0833. The molecule has 2 nitrogen and oxygen atoms in total. The molecule has 0 unspecified atom stereocenters. The quantitative estimate of drug-likeness (QED) is 0.718. The van der Waals surface area contributed by atoms with E-state index in [0.717, 1.165) is 11.3 Å². The van der Waals surface area contributed by atoms with Crippen LogP contribution < -0.4 is 0 Å². The fourth-order valence-electron chi connectivity index (χ4n) is 1.18. The molecule has 1 aromatic heterocycles. The van der Waals surface area contributed by atoms with E-state index in [1.54, 1.807) is 6.20 Å². The lowest BCUT2D eigenvalue weighted by molar-refractivity contribution is 0.517. The maximum atomic E-state index is 5.31. The summed E-state index contributed by atoms with van der Waals surface area (Å²) in [6, 6.07) is 10.1. The van der Waals surface area contributed by atoms with Gasteiger partial charge >= 0.3 is 0 Å². The van der Waals surface area contributed by atoms with Gasteiger partial charge in [0.1, 0.15) is 5.76 Å². The Kier molecular flexibility index (Phi) is 2.45. The first-order chi connectivity index (χ1) is 6.84. The molecule has 0 spiro atoms. The van der Waals surface area contributed by atoms with Crippen LogP contribution in [0.4, 0.5) is 0 Å². The third kappa shape index (κ3) is 2.10. The minimum atomic E-state index is 0.645. The number of hydrogen-bond acceptors (Lipinski definition) is 2. The van der Waals surface area contributed by atoms with Crippen LogP contribution in [0.1, 0.15) is 17.2 Å². The number of aromatic nitrogens is 1. The molecule has 0 N–H and O–H groups in total. The number of rotatable bonds is 2. The van der Waals surface area contributed by atoms with Crippen molar-refractivity contribution in [1.82, 2.24) is 4.98 Å². The first kappa shape index (κ1) is 8.75. The van der Waals surface area contributed by atoms with Crippen molar-refractivity contribution in [2.75, 3.05) is 0 Å². The molecular weight excluding hydrogens is 174 g/mol. The molecule has 2 heteroatoms. The second kappa shape index (κ2) is 3.92. The van der Waals surface area contributed by atoms with Crippen LogP contribution in [0.5, 0.6) is 0 Å². The van der Waals surface area contributed by atoms with E-state index >= 15 is 0 Å². The van der Waals surface area contributed by atoms with Crippen molar-refractivity contribution < 1.29 is 4.42 Å². The van der Waals surface area contributed by atoms with Crippen LogP contribution in [-0.2, 0) is 0 Å². The van der Waals surface area contributed by atoms with E-state index in [-0.39, 0.29) is 0 Å². The van der Waals surface area contributed by atoms with Crippen LogP contribution in [0.15, 0.2) is 40.9 Å². The van der Waals surface area contributed by atoms with Gasteiger partial charge in [0.2, 0.25) is 5.89 Å². The van der Waals surface area contributed by atoms with Gasteiger partial charge in [-0.15, -0.1) is 0 Å². The van der Waals surface area contributed by atoms with Gasteiger partial charge in [0.05, 0.1) is 6.20 Å². The molecule has 0 aliphatic heterocycles. The molecule has 0 atom stereocenters. The molecule has 2 aromatic rings. The normalized spacial score (nSPS) is 10.9. The summed E-state index contributed by atoms with van der Waals surface area (Å²) in [7, 11) is 0. The van der Waals surface area contributed by atoms with Gasteiger partial charge in [0, 0.05) is 6.08 Å². The molecule has 0 aliphatic rings. The number of benzene rings is 1. The topological polar surface area (TPSA) is 26.0 Å². The van der Waals surface area contributed by atoms with Crippen LogP contribution in [0.3, 0.4) is 0 Å². The highest BCUT2D eigenvalue weighted by Gasteiger charge is 1.93. The lowest BCUT2D eigenvalue weighted by Crippen LogP contribution is -1.70. The van der Waals surface area contributed by atoms with E-state index in [0.29, 0.717) is 5.89 Å². The highest BCUT2D eigenvalue weighted by Crippen LogP contribution is 2.07. The summed E-state index contributed by atoms with van der Waals surface area (Å²) in [5, 5.41) is 0. The monoisotopic (exact) mass is 185 g/mol. The SMILES string of the molecule is Cc1cnc(/C=C/c2ccccc2)o1. The van der Waals surface area contributed by atoms with Crippen molar-refractivity contribution in [1.29, 1.82) is 0 Å². The molecule has 70 valence electrons. The highest BCUT2D eigenvalue weighted by molar-refractivity contribution is 5.65. The Morgan fingerprint density at radius 3 is 2.57 bits per heavy atom. The van der Waals surface area contributed by atoms with Crippen molar-refractivity contribution in [3.8, 4) is 0 Å². The van der Waals surface area contributed by atoms with E-state index in [2.05, 4.69) is 4.98 Å². The Morgan fingerprint density at radius 2 is 1.93 bits per heavy atom. The zero-order valence-electron chi connectivity index (χ0n) is 7.97. The molecule has 1 aromatic carbocycles. The van der Waals surface area contributed by atoms with Gasteiger partial charge in [-0.05, 0) is 18.6 Å². The molecule has 0 saturated heterocycles. The average molecular weight is 185 g/mol. The third-order valence-corrected chi connectivity index (χ3v) is 1.86. The lowest BCUT2D eigenvalue weighted by Gasteiger charge is -1.89. The van der Waals surface area contributed by atoms with Crippen LogP contribution in [-0.4, -0.2) is 4.98 Å². The van der Waals surface area contributed by atoms with Gasteiger partial charge in [0.15, 0.2) is 0 Å². The van der Waals surface area contributed by atoms with Gasteiger partial charge in [0.25, 0.3) is 0 Å². The Labute approximate surface area is 82.9 Å². The number of nitrogens with zero attached hydrogens (tertiary/aromatic N) is 1. The van der Waals surface area contributed by atoms with Crippen LogP contribution in [0.2, 0.25) is 0 Å². The maximum absolute atomic E-state index is 5.31. The Bertz CT molecular complexity index is 429. The summed E-state index contributed by atoms with van der Waals surface area (Å²) in [6.45, 7) is 1.88. The molecule has 0 amide bonds. The van der Waals surface area contributed by atoms with Crippen LogP contribution in [0, 0.1) is 6.92 Å². The Balaban J connectivity index is 2.15. The minimum absolute atomic E-state index is 0.645. The van der Waals surface area contributed by atoms with E-state index in [9.17, 15) is 0 Å². The smallest absolute Gasteiger partial charge is 0.218 e. The van der Waals surface area contributed by atoms with Gasteiger partial charge in [-0.2, -0.15) is 0 Å². The summed E-state index contributed by atoms with van der Waals surface area (Å²) in [4.78, 5) is 4.08. The second-order valence-corrected chi connectivity index (χ2v) is 3.05. The number of oxazole rings is 1. The van der Waals surface area contributed by atoms with Crippen LogP contribution in [0.25, 0.3) is 12.2 Å². The zero-order chi connectivity index (χ0) is 9.80. The van der Waals surface area contributed by atoms with Gasteiger partial charge < -0.3 is 4.42 Å². The van der Waals surface area contributed by atoms with Crippen LogP contribution >= 0.6 is 0 Å². The highest BCUT2D eigenvalue weighted by atomic mass is 16.3. The summed E-state index contributed by atoms with van der Waals surface area (Å²) in [6.07, 6.45) is 5.55. The van der Waals surface area contributed by atoms with Crippen molar-refractivity contribution in [3.05, 3.63) is 53.7 Å². The predicted octanol–water partition coefficient (Wildman–Crippen LogP) is 3.15. The van der Waals surface area contributed by atoms with E-state index < -0.39 is 0 Å². The Hall–Kier alpha value is -1.83. The average Bonchev–Trinajstić information content (AvgIpc) is 2.63. The minimum Gasteiger partial charge on any atom is -0.442 e. The molecule has 0 radical (unpaired) electrons. The summed E-state index contributed by atoms with van der Waals surface area (Å²) < 4.78 is 5.31. The molecule has 1 heterocycles. The molecular formula is C12H11NO. The van der Waals surface area contributed by atoms with Crippen molar-refractivity contribution in [3.63, 3.8) is 0 Å². The Morgan fingerprint density at radius 1 is 1.14 bits per heavy atom. The summed E-state index contributed by atoms with van der Waals surface area (Å²) in [5.41, 5.74) is 1.14. The summed E-state index contributed by atoms with van der Waals surface area (Å²) >= 11 is 0. The van der Waals surface area contributed by atoms with Gasteiger partial charge in [-0.3, -0.25) is 0 Å². The molecule has 0 aliphatic carbocycles. The molecule has 2 rings (SSSR count). The zero-order valence-corrected chi connectivity index (χ0v) is 7.97.